The van der Waals surface area contributed by atoms with Crippen molar-refractivity contribution in [3.63, 3.8) is 0 Å². The maximum atomic E-state index is 12.3. The molecule has 126 valence electrons. The van der Waals surface area contributed by atoms with Crippen LogP contribution >= 0.6 is 15.9 Å². The Morgan fingerprint density at radius 2 is 2.04 bits per heavy atom. The lowest BCUT2D eigenvalue weighted by atomic mass is 10.1. The summed E-state index contributed by atoms with van der Waals surface area (Å²) < 4.78 is 6.58. The summed E-state index contributed by atoms with van der Waals surface area (Å²) in [6, 6.07) is 14.5. The molecule has 1 atom stereocenters. The molecule has 0 spiro atoms. The molecule has 25 heavy (non-hydrogen) atoms. The van der Waals surface area contributed by atoms with Crippen LogP contribution in [0.4, 0.5) is 0 Å². The second kappa shape index (κ2) is 7.90. The molecule has 1 aromatic carbocycles. The van der Waals surface area contributed by atoms with Crippen molar-refractivity contribution in [1.29, 1.82) is 0 Å². The van der Waals surface area contributed by atoms with Crippen molar-refractivity contribution in [3.8, 4) is 11.6 Å². The van der Waals surface area contributed by atoms with E-state index in [1.165, 1.54) is 6.20 Å². The van der Waals surface area contributed by atoms with Gasteiger partial charge in [0, 0.05) is 29.1 Å². The zero-order valence-electron chi connectivity index (χ0n) is 13.5. The lowest BCUT2D eigenvalue weighted by Gasteiger charge is -2.14. The quantitative estimate of drug-likeness (QED) is 0.686. The largest absolute Gasteiger partial charge is 0.439 e. The van der Waals surface area contributed by atoms with Crippen LogP contribution in [0.5, 0.6) is 11.6 Å². The van der Waals surface area contributed by atoms with Crippen LogP contribution < -0.4 is 10.1 Å². The topological polar surface area (TPSA) is 64.1 Å². The predicted molar refractivity (Wildman–Crippen MR) is 98.6 cm³/mol. The lowest BCUT2D eigenvalue weighted by molar-refractivity contribution is 0.0939. The first-order valence-corrected chi connectivity index (χ1v) is 8.51. The number of halogens is 1. The number of carbonyl (C=O) groups excluding carboxylic acids is 1. The number of rotatable bonds is 5. The SMILES string of the molecule is C[C@H](NC(=O)c1ccc(Oc2cccc(Br)c2)nc1)c1cccnc1. The van der Waals surface area contributed by atoms with Gasteiger partial charge in [-0.1, -0.05) is 28.1 Å². The van der Waals surface area contributed by atoms with Crippen molar-refractivity contribution in [1.82, 2.24) is 15.3 Å². The predicted octanol–water partition coefficient (Wildman–Crippen LogP) is 4.52. The normalized spacial score (nSPS) is 11.6. The van der Waals surface area contributed by atoms with Crippen LogP contribution in [0.15, 0.2) is 71.6 Å². The van der Waals surface area contributed by atoms with Gasteiger partial charge in [0.15, 0.2) is 0 Å². The molecule has 0 aliphatic rings. The van der Waals surface area contributed by atoms with E-state index in [0.717, 1.165) is 10.0 Å². The molecule has 0 aliphatic carbocycles. The first-order valence-electron chi connectivity index (χ1n) is 7.72. The van der Waals surface area contributed by atoms with Crippen molar-refractivity contribution in [2.75, 3.05) is 0 Å². The van der Waals surface area contributed by atoms with Gasteiger partial charge in [0.05, 0.1) is 11.6 Å². The Morgan fingerprint density at radius 1 is 1.16 bits per heavy atom. The number of nitrogens with one attached hydrogen (secondary N) is 1. The number of benzene rings is 1. The first kappa shape index (κ1) is 17.1. The molecule has 5 nitrogen and oxygen atoms in total. The fourth-order valence-corrected chi connectivity index (χ4v) is 2.60. The Kier molecular flexibility index (Phi) is 5.40. The maximum absolute atomic E-state index is 12.3. The minimum absolute atomic E-state index is 0.140. The smallest absolute Gasteiger partial charge is 0.253 e. The third kappa shape index (κ3) is 4.64. The fourth-order valence-electron chi connectivity index (χ4n) is 2.22. The molecular weight excluding hydrogens is 382 g/mol. The Bertz CT molecular complexity index is 854. The number of hydrogen-bond donors (Lipinski definition) is 1. The molecule has 1 amide bonds. The van der Waals surface area contributed by atoms with Crippen LogP contribution in [0.2, 0.25) is 0 Å². The van der Waals surface area contributed by atoms with Gasteiger partial charge in [-0.25, -0.2) is 4.98 Å². The Balaban J connectivity index is 1.64. The summed E-state index contributed by atoms with van der Waals surface area (Å²) in [5.41, 5.74) is 1.41. The molecule has 0 radical (unpaired) electrons. The van der Waals surface area contributed by atoms with Crippen molar-refractivity contribution in [3.05, 3.63) is 82.7 Å². The molecule has 3 rings (SSSR count). The van der Waals surface area contributed by atoms with Crippen LogP contribution in [0.3, 0.4) is 0 Å². The number of pyridine rings is 2. The van der Waals surface area contributed by atoms with E-state index in [4.69, 9.17) is 4.74 Å². The Hall–Kier alpha value is -2.73. The molecule has 0 bridgehead atoms. The van der Waals surface area contributed by atoms with Crippen molar-refractivity contribution < 1.29 is 9.53 Å². The highest BCUT2D eigenvalue weighted by Crippen LogP contribution is 2.23. The summed E-state index contributed by atoms with van der Waals surface area (Å²) >= 11 is 3.39. The molecule has 3 aromatic rings. The van der Waals surface area contributed by atoms with Gasteiger partial charge in [0.1, 0.15) is 5.75 Å². The minimum Gasteiger partial charge on any atom is -0.439 e. The fraction of sp³-hybridized carbons (Fsp3) is 0.105. The molecule has 2 heterocycles. The molecule has 0 saturated carbocycles. The van der Waals surface area contributed by atoms with Crippen LogP contribution in [0, 0.1) is 0 Å². The molecule has 2 aromatic heterocycles. The summed E-state index contributed by atoms with van der Waals surface area (Å²) in [6.45, 7) is 1.91. The van der Waals surface area contributed by atoms with Gasteiger partial charge in [0.25, 0.3) is 5.91 Å². The van der Waals surface area contributed by atoms with E-state index >= 15 is 0 Å². The molecule has 0 saturated heterocycles. The number of nitrogens with zero attached hydrogens (tertiary/aromatic N) is 2. The highest BCUT2D eigenvalue weighted by Gasteiger charge is 2.12. The highest BCUT2D eigenvalue weighted by molar-refractivity contribution is 9.10. The van der Waals surface area contributed by atoms with Crippen molar-refractivity contribution in [2.45, 2.75) is 13.0 Å². The number of carbonyl (C=O) groups is 1. The lowest BCUT2D eigenvalue weighted by Crippen LogP contribution is -2.26. The Labute approximate surface area is 154 Å². The van der Waals surface area contributed by atoms with E-state index in [2.05, 4.69) is 31.2 Å². The zero-order valence-corrected chi connectivity index (χ0v) is 15.1. The minimum atomic E-state index is -0.196. The summed E-state index contributed by atoms with van der Waals surface area (Å²) in [7, 11) is 0. The molecule has 6 heteroatoms. The van der Waals surface area contributed by atoms with E-state index in [1.54, 1.807) is 24.5 Å². The van der Waals surface area contributed by atoms with Gasteiger partial charge in [-0.2, -0.15) is 0 Å². The summed E-state index contributed by atoms with van der Waals surface area (Å²) in [4.78, 5) is 20.6. The highest BCUT2D eigenvalue weighted by atomic mass is 79.9. The van der Waals surface area contributed by atoms with E-state index in [0.29, 0.717) is 17.2 Å². The second-order valence-electron chi connectivity index (χ2n) is 5.43. The van der Waals surface area contributed by atoms with Gasteiger partial charge in [-0.3, -0.25) is 9.78 Å². The van der Waals surface area contributed by atoms with Crippen molar-refractivity contribution in [2.24, 2.45) is 0 Å². The monoisotopic (exact) mass is 397 g/mol. The first-order chi connectivity index (χ1) is 12.1. The number of aromatic nitrogens is 2. The average molecular weight is 398 g/mol. The standard InChI is InChI=1S/C19H16BrN3O2/c1-13(14-4-3-9-21-11-14)23-19(24)15-7-8-18(22-12-15)25-17-6-2-5-16(20)10-17/h2-13H,1H3,(H,23,24)/t13-/m0/s1. The van der Waals surface area contributed by atoms with Crippen LogP contribution in [0.1, 0.15) is 28.9 Å². The van der Waals surface area contributed by atoms with Gasteiger partial charge in [0.2, 0.25) is 5.88 Å². The molecule has 0 fully saturated rings. The van der Waals surface area contributed by atoms with Gasteiger partial charge < -0.3 is 10.1 Å². The number of hydrogen-bond acceptors (Lipinski definition) is 4. The molecule has 0 aliphatic heterocycles. The number of ether oxygens (including phenoxy) is 1. The molecule has 0 unspecified atom stereocenters. The summed E-state index contributed by atoms with van der Waals surface area (Å²) in [5.74, 6) is 0.900. The zero-order chi connectivity index (χ0) is 17.6. The maximum Gasteiger partial charge on any atom is 0.253 e. The van der Waals surface area contributed by atoms with E-state index < -0.39 is 0 Å². The van der Waals surface area contributed by atoms with Crippen LogP contribution in [-0.4, -0.2) is 15.9 Å². The second-order valence-corrected chi connectivity index (χ2v) is 6.34. The molecule has 1 N–H and O–H groups in total. The van der Waals surface area contributed by atoms with E-state index in [9.17, 15) is 4.79 Å². The van der Waals surface area contributed by atoms with Crippen molar-refractivity contribution >= 4 is 21.8 Å². The van der Waals surface area contributed by atoms with Gasteiger partial charge in [-0.05, 0) is 42.8 Å². The summed E-state index contributed by atoms with van der Waals surface area (Å²) in [5, 5.41) is 2.92. The third-order valence-corrected chi connectivity index (χ3v) is 4.04. The van der Waals surface area contributed by atoms with Crippen LogP contribution in [-0.2, 0) is 0 Å². The van der Waals surface area contributed by atoms with Crippen LogP contribution in [0.25, 0.3) is 0 Å². The third-order valence-electron chi connectivity index (χ3n) is 3.55. The summed E-state index contributed by atoms with van der Waals surface area (Å²) in [6.07, 6.45) is 4.93. The van der Waals surface area contributed by atoms with E-state index in [1.807, 2.05) is 43.3 Å². The van der Waals surface area contributed by atoms with Gasteiger partial charge in [-0.15, -0.1) is 0 Å². The molecular formula is C19H16BrN3O2. The average Bonchev–Trinajstić information content (AvgIpc) is 2.63. The van der Waals surface area contributed by atoms with Gasteiger partial charge >= 0.3 is 0 Å². The number of amides is 1. The van der Waals surface area contributed by atoms with E-state index in [-0.39, 0.29) is 11.9 Å². The Morgan fingerprint density at radius 3 is 2.72 bits per heavy atom.